The molecule has 1 fully saturated rings. The SMILES string of the molecule is CNc1nc(C2(OC)CCC(C)CC2)nc2c1CCC2. The van der Waals surface area contributed by atoms with Crippen molar-refractivity contribution >= 4 is 5.82 Å². The topological polar surface area (TPSA) is 47.0 Å². The number of rotatable bonds is 3. The molecule has 0 spiro atoms. The summed E-state index contributed by atoms with van der Waals surface area (Å²) in [5, 5.41) is 3.25. The van der Waals surface area contributed by atoms with E-state index < -0.39 is 0 Å². The summed E-state index contributed by atoms with van der Waals surface area (Å²) in [5.74, 6) is 2.70. The number of aryl methyl sites for hydroxylation is 1. The normalized spacial score (nSPS) is 29.2. The van der Waals surface area contributed by atoms with E-state index in [9.17, 15) is 0 Å². The Hall–Kier alpha value is -1.16. The molecule has 0 atom stereocenters. The van der Waals surface area contributed by atoms with Crippen molar-refractivity contribution in [1.82, 2.24) is 9.97 Å². The molecular formula is C16H25N3O. The van der Waals surface area contributed by atoms with Crippen LogP contribution in [-0.2, 0) is 23.2 Å². The van der Waals surface area contributed by atoms with Crippen LogP contribution in [0.15, 0.2) is 0 Å². The second kappa shape index (κ2) is 5.32. The number of anilines is 1. The highest BCUT2D eigenvalue weighted by molar-refractivity contribution is 5.48. The maximum atomic E-state index is 5.92. The van der Waals surface area contributed by atoms with Crippen LogP contribution < -0.4 is 5.32 Å². The minimum absolute atomic E-state index is 0.268. The summed E-state index contributed by atoms with van der Waals surface area (Å²) in [5.41, 5.74) is 2.27. The molecule has 0 aliphatic heterocycles. The van der Waals surface area contributed by atoms with E-state index >= 15 is 0 Å². The molecule has 2 aliphatic carbocycles. The Morgan fingerprint density at radius 1 is 1.20 bits per heavy atom. The number of aromatic nitrogens is 2. The number of fused-ring (bicyclic) bond motifs is 1. The number of ether oxygens (including phenoxy) is 1. The van der Waals surface area contributed by atoms with E-state index in [1.165, 1.54) is 30.5 Å². The Kier molecular flexibility index (Phi) is 3.67. The van der Waals surface area contributed by atoms with Gasteiger partial charge in [-0.1, -0.05) is 6.92 Å². The summed E-state index contributed by atoms with van der Waals surface area (Å²) in [7, 11) is 3.76. The molecule has 0 radical (unpaired) electrons. The lowest BCUT2D eigenvalue weighted by Gasteiger charge is -2.37. The molecule has 4 nitrogen and oxygen atoms in total. The zero-order valence-electron chi connectivity index (χ0n) is 12.8. The zero-order valence-corrected chi connectivity index (χ0v) is 12.8. The minimum Gasteiger partial charge on any atom is -0.373 e. The number of hydrogen-bond acceptors (Lipinski definition) is 4. The predicted octanol–water partition coefficient (Wildman–Crippen LogP) is 3.06. The number of methoxy groups -OCH3 is 1. The van der Waals surface area contributed by atoms with Crippen LogP contribution in [0.3, 0.4) is 0 Å². The maximum absolute atomic E-state index is 5.92. The zero-order chi connectivity index (χ0) is 14.2. The number of nitrogens with zero attached hydrogens (tertiary/aromatic N) is 2. The van der Waals surface area contributed by atoms with E-state index in [1.54, 1.807) is 0 Å². The average Bonchev–Trinajstić information content (AvgIpc) is 2.96. The van der Waals surface area contributed by atoms with Gasteiger partial charge >= 0.3 is 0 Å². The fourth-order valence-electron chi connectivity index (χ4n) is 3.59. The number of hydrogen-bond donors (Lipinski definition) is 1. The quantitative estimate of drug-likeness (QED) is 0.921. The Balaban J connectivity index is 2.00. The van der Waals surface area contributed by atoms with E-state index in [4.69, 9.17) is 14.7 Å². The van der Waals surface area contributed by atoms with Gasteiger partial charge in [0.15, 0.2) is 5.82 Å². The van der Waals surface area contributed by atoms with Crippen LogP contribution in [0, 0.1) is 5.92 Å². The average molecular weight is 275 g/mol. The summed E-state index contributed by atoms with van der Waals surface area (Å²) in [6, 6.07) is 0. The van der Waals surface area contributed by atoms with Gasteiger partial charge in [0.05, 0.1) is 0 Å². The van der Waals surface area contributed by atoms with E-state index in [-0.39, 0.29) is 5.60 Å². The van der Waals surface area contributed by atoms with Crippen molar-refractivity contribution in [1.29, 1.82) is 0 Å². The highest BCUT2D eigenvalue weighted by atomic mass is 16.5. The highest BCUT2D eigenvalue weighted by Gasteiger charge is 2.39. The summed E-state index contributed by atoms with van der Waals surface area (Å²) in [6.45, 7) is 2.32. The molecule has 4 heteroatoms. The highest BCUT2D eigenvalue weighted by Crippen LogP contribution is 2.41. The van der Waals surface area contributed by atoms with Crippen molar-refractivity contribution in [2.24, 2.45) is 5.92 Å². The predicted molar refractivity (Wildman–Crippen MR) is 79.9 cm³/mol. The third kappa shape index (κ3) is 2.20. The van der Waals surface area contributed by atoms with Gasteiger partial charge < -0.3 is 10.1 Å². The fourth-order valence-corrected chi connectivity index (χ4v) is 3.59. The summed E-state index contributed by atoms with van der Waals surface area (Å²) in [6.07, 6.45) is 7.84. The molecule has 0 bridgehead atoms. The van der Waals surface area contributed by atoms with Gasteiger partial charge in [0.25, 0.3) is 0 Å². The first-order chi connectivity index (χ1) is 9.68. The molecule has 0 unspecified atom stereocenters. The van der Waals surface area contributed by atoms with Gasteiger partial charge in [-0.3, -0.25) is 0 Å². The van der Waals surface area contributed by atoms with Crippen molar-refractivity contribution in [3.8, 4) is 0 Å². The summed E-state index contributed by atoms with van der Waals surface area (Å²) in [4.78, 5) is 9.68. The van der Waals surface area contributed by atoms with Crippen LogP contribution in [0.4, 0.5) is 5.82 Å². The monoisotopic (exact) mass is 275 g/mol. The van der Waals surface area contributed by atoms with Crippen LogP contribution in [0.1, 0.15) is 56.1 Å². The molecule has 1 aromatic rings. The molecule has 0 saturated heterocycles. The van der Waals surface area contributed by atoms with Crippen LogP contribution in [0.25, 0.3) is 0 Å². The molecule has 1 N–H and O–H groups in total. The van der Waals surface area contributed by atoms with E-state index in [2.05, 4.69) is 12.2 Å². The standard InChI is InChI=1S/C16H25N3O/c1-11-7-9-16(20-3,10-8-11)15-18-13-6-4-5-12(13)14(17-2)19-15/h11H,4-10H2,1-3H3,(H,17,18,19). The van der Waals surface area contributed by atoms with E-state index in [0.717, 1.165) is 43.2 Å². The molecular weight excluding hydrogens is 250 g/mol. The maximum Gasteiger partial charge on any atom is 0.162 e. The molecule has 20 heavy (non-hydrogen) atoms. The van der Waals surface area contributed by atoms with E-state index in [1.807, 2.05) is 14.2 Å². The van der Waals surface area contributed by atoms with Gasteiger partial charge in [0.1, 0.15) is 11.4 Å². The van der Waals surface area contributed by atoms with Crippen molar-refractivity contribution in [2.75, 3.05) is 19.5 Å². The van der Waals surface area contributed by atoms with Gasteiger partial charge in [-0.2, -0.15) is 0 Å². The molecule has 110 valence electrons. The third-order valence-corrected chi connectivity index (χ3v) is 5.05. The van der Waals surface area contributed by atoms with Crippen LogP contribution in [-0.4, -0.2) is 24.1 Å². The smallest absolute Gasteiger partial charge is 0.162 e. The Morgan fingerprint density at radius 3 is 2.60 bits per heavy atom. The van der Waals surface area contributed by atoms with Crippen molar-refractivity contribution in [3.05, 3.63) is 17.1 Å². The molecule has 2 aliphatic rings. The van der Waals surface area contributed by atoms with Crippen LogP contribution in [0.5, 0.6) is 0 Å². The Bertz CT molecular complexity index is 493. The second-order valence-electron chi connectivity index (χ2n) is 6.31. The molecule has 3 rings (SSSR count). The molecule has 0 amide bonds. The Morgan fingerprint density at radius 2 is 1.95 bits per heavy atom. The van der Waals surface area contributed by atoms with Gasteiger partial charge in [0, 0.05) is 25.4 Å². The first kappa shape index (κ1) is 13.8. The van der Waals surface area contributed by atoms with E-state index in [0.29, 0.717) is 0 Å². The molecule has 0 aromatic carbocycles. The summed E-state index contributed by atoms with van der Waals surface area (Å²) >= 11 is 0. The largest absolute Gasteiger partial charge is 0.373 e. The lowest BCUT2D eigenvalue weighted by atomic mass is 9.79. The number of nitrogens with one attached hydrogen (secondary N) is 1. The minimum atomic E-state index is -0.268. The first-order valence-corrected chi connectivity index (χ1v) is 7.81. The van der Waals surface area contributed by atoms with Gasteiger partial charge in [-0.25, -0.2) is 9.97 Å². The summed E-state index contributed by atoms with van der Waals surface area (Å²) < 4.78 is 5.92. The molecule has 1 heterocycles. The second-order valence-corrected chi connectivity index (χ2v) is 6.31. The fraction of sp³-hybridized carbons (Fsp3) is 0.750. The van der Waals surface area contributed by atoms with Crippen molar-refractivity contribution in [3.63, 3.8) is 0 Å². The lowest BCUT2D eigenvalue weighted by Crippen LogP contribution is -2.35. The van der Waals surface area contributed by atoms with Gasteiger partial charge in [-0.05, 0) is 50.9 Å². The van der Waals surface area contributed by atoms with Crippen LogP contribution in [0.2, 0.25) is 0 Å². The van der Waals surface area contributed by atoms with Crippen molar-refractivity contribution in [2.45, 2.75) is 57.5 Å². The molecule has 1 aromatic heterocycles. The Labute approximate surface area is 121 Å². The van der Waals surface area contributed by atoms with Gasteiger partial charge in [-0.15, -0.1) is 0 Å². The van der Waals surface area contributed by atoms with Gasteiger partial charge in [0.2, 0.25) is 0 Å². The first-order valence-electron chi connectivity index (χ1n) is 7.81. The lowest BCUT2D eigenvalue weighted by molar-refractivity contribution is -0.0597. The van der Waals surface area contributed by atoms with Crippen LogP contribution >= 0.6 is 0 Å². The van der Waals surface area contributed by atoms with Crippen molar-refractivity contribution < 1.29 is 4.74 Å². The molecule has 1 saturated carbocycles. The third-order valence-electron chi connectivity index (χ3n) is 5.05.